The van der Waals surface area contributed by atoms with Crippen molar-refractivity contribution in [1.82, 2.24) is 10.2 Å². The number of sulfone groups is 1. The van der Waals surface area contributed by atoms with Crippen LogP contribution in [-0.2, 0) is 16.3 Å². The number of nitrogens with one attached hydrogen (secondary N) is 1. The van der Waals surface area contributed by atoms with E-state index in [0.717, 1.165) is 12.0 Å². The Morgan fingerprint density at radius 2 is 1.83 bits per heavy atom. The summed E-state index contributed by atoms with van der Waals surface area (Å²) in [6.45, 7) is 3.71. The SMILES string of the molecule is CCc1ccc(-c2cn[nH]c2S(=O)(=O)CC)cc1. The average Bonchev–Trinajstić information content (AvgIpc) is 2.89. The molecule has 18 heavy (non-hydrogen) atoms. The lowest BCUT2D eigenvalue weighted by atomic mass is 10.1. The largest absolute Gasteiger partial charge is 0.267 e. The molecular formula is C13H16N2O2S. The molecule has 1 N–H and O–H groups in total. The number of rotatable bonds is 4. The van der Waals surface area contributed by atoms with E-state index in [1.165, 1.54) is 5.56 Å². The molecule has 0 fully saturated rings. The van der Waals surface area contributed by atoms with Crippen LogP contribution in [0.15, 0.2) is 35.5 Å². The molecule has 2 aromatic rings. The summed E-state index contributed by atoms with van der Waals surface area (Å²) >= 11 is 0. The third kappa shape index (κ3) is 2.31. The molecule has 2 rings (SSSR count). The van der Waals surface area contributed by atoms with Gasteiger partial charge in [-0.3, -0.25) is 5.10 Å². The van der Waals surface area contributed by atoms with Gasteiger partial charge in [-0.25, -0.2) is 8.42 Å². The summed E-state index contributed by atoms with van der Waals surface area (Å²) in [5, 5.41) is 6.64. The molecule has 4 nitrogen and oxygen atoms in total. The van der Waals surface area contributed by atoms with E-state index < -0.39 is 9.84 Å². The van der Waals surface area contributed by atoms with Gasteiger partial charge in [0.25, 0.3) is 0 Å². The van der Waals surface area contributed by atoms with Gasteiger partial charge >= 0.3 is 0 Å². The van der Waals surface area contributed by atoms with Gasteiger partial charge in [-0.05, 0) is 17.5 Å². The Balaban J connectivity index is 2.49. The molecule has 0 saturated heterocycles. The zero-order valence-corrected chi connectivity index (χ0v) is 11.3. The number of aromatic nitrogens is 2. The van der Waals surface area contributed by atoms with Crippen LogP contribution in [-0.4, -0.2) is 24.4 Å². The predicted octanol–water partition coefficient (Wildman–Crippen LogP) is 2.43. The van der Waals surface area contributed by atoms with Crippen LogP contribution in [0.2, 0.25) is 0 Å². The molecule has 1 heterocycles. The van der Waals surface area contributed by atoms with Gasteiger partial charge in [0.2, 0.25) is 0 Å². The smallest absolute Gasteiger partial charge is 0.195 e. The zero-order valence-electron chi connectivity index (χ0n) is 10.5. The van der Waals surface area contributed by atoms with Crippen LogP contribution in [0, 0.1) is 0 Å². The van der Waals surface area contributed by atoms with Crippen molar-refractivity contribution in [3.63, 3.8) is 0 Å². The normalized spacial score (nSPS) is 11.7. The highest BCUT2D eigenvalue weighted by Gasteiger charge is 2.19. The van der Waals surface area contributed by atoms with Crippen molar-refractivity contribution in [1.29, 1.82) is 0 Å². The van der Waals surface area contributed by atoms with E-state index in [9.17, 15) is 8.42 Å². The number of nitrogens with zero attached hydrogens (tertiary/aromatic N) is 1. The first-order chi connectivity index (χ1) is 8.58. The Hall–Kier alpha value is -1.62. The molecule has 0 aliphatic rings. The summed E-state index contributed by atoms with van der Waals surface area (Å²) in [4.78, 5) is 0. The van der Waals surface area contributed by atoms with Crippen LogP contribution in [0.3, 0.4) is 0 Å². The maximum Gasteiger partial charge on any atom is 0.195 e. The molecule has 0 atom stereocenters. The molecule has 96 valence electrons. The zero-order chi connectivity index (χ0) is 13.2. The summed E-state index contributed by atoms with van der Waals surface area (Å²) in [7, 11) is -3.27. The highest BCUT2D eigenvalue weighted by molar-refractivity contribution is 7.91. The number of benzene rings is 1. The quantitative estimate of drug-likeness (QED) is 0.922. The Morgan fingerprint density at radius 1 is 1.17 bits per heavy atom. The minimum Gasteiger partial charge on any atom is -0.267 e. The van der Waals surface area contributed by atoms with Crippen LogP contribution in [0.25, 0.3) is 11.1 Å². The van der Waals surface area contributed by atoms with E-state index in [1.807, 2.05) is 24.3 Å². The van der Waals surface area contributed by atoms with Crippen LogP contribution < -0.4 is 0 Å². The number of aryl methyl sites for hydroxylation is 1. The summed E-state index contributed by atoms with van der Waals surface area (Å²) in [5.41, 5.74) is 2.73. The third-order valence-corrected chi connectivity index (χ3v) is 4.66. The maximum atomic E-state index is 11.9. The highest BCUT2D eigenvalue weighted by atomic mass is 32.2. The molecule has 1 aromatic heterocycles. The molecule has 0 unspecified atom stereocenters. The summed E-state index contributed by atoms with van der Waals surface area (Å²) in [5.74, 6) is 0.0647. The number of hydrogen-bond donors (Lipinski definition) is 1. The lowest BCUT2D eigenvalue weighted by Gasteiger charge is -2.04. The van der Waals surface area contributed by atoms with Gasteiger partial charge in [-0.1, -0.05) is 38.1 Å². The Morgan fingerprint density at radius 3 is 2.39 bits per heavy atom. The molecule has 0 aliphatic carbocycles. The highest BCUT2D eigenvalue weighted by Crippen LogP contribution is 2.26. The van der Waals surface area contributed by atoms with Gasteiger partial charge in [0, 0.05) is 5.56 Å². The van der Waals surface area contributed by atoms with Crippen LogP contribution in [0.5, 0.6) is 0 Å². The molecule has 0 bridgehead atoms. The monoisotopic (exact) mass is 264 g/mol. The Kier molecular flexibility index (Phi) is 3.52. The standard InChI is InChI=1S/C13H16N2O2S/c1-3-10-5-7-11(8-6-10)12-9-14-15-13(12)18(16,17)4-2/h5-9H,3-4H2,1-2H3,(H,14,15). The molecule has 0 radical (unpaired) electrons. The molecule has 0 saturated carbocycles. The van der Waals surface area contributed by atoms with Crippen LogP contribution in [0.1, 0.15) is 19.4 Å². The first-order valence-corrected chi connectivity index (χ1v) is 7.59. The predicted molar refractivity (Wildman–Crippen MR) is 71.1 cm³/mol. The van der Waals surface area contributed by atoms with Crippen molar-refractivity contribution in [3.05, 3.63) is 36.0 Å². The van der Waals surface area contributed by atoms with Crippen molar-refractivity contribution in [2.24, 2.45) is 0 Å². The lowest BCUT2D eigenvalue weighted by molar-refractivity contribution is 0.593. The van der Waals surface area contributed by atoms with Gasteiger partial charge in [-0.2, -0.15) is 5.10 Å². The fourth-order valence-corrected chi connectivity index (χ4v) is 2.77. The minimum absolute atomic E-state index is 0.0647. The van der Waals surface area contributed by atoms with Crippen molar-refractivity contribution in [2.45, 2.75) is 25.3 Å². The van der Waals surface area contributed by atoms with Gasteiger partial charge in [0.1, 0.15) is 0 Å². The summed E-state index contributed by atoms with van der Waals surface area (Å²) < 4.78 is 23.8. The van der Waals surface area contributed by atoms with E-state index in [-0.39, 0.29) is 10.8 Å². The van der Waals surface area contributed by atoms with Gasteiger partial charge < -0.3 is 0 Å². The second kappa shape index (κ2) is 4.94. The molecule has 0 amide bonds. The minimum atomic E-state index is -3.27. The Labute approximate surface area is 107 Å². The lowest BCUT2D eigenvalue weighted by Crippen LogP contribution is -2.05. The fraction of sp³-hybridized carbons (Fsp3) is 0.308. The van der Waals surface area contributed by atoms with E-state index >= 15 is 0 Å². The number of hydrogen-bond acceptors (Lipinski definition) is 3. The van der Waals surface area contributed by atoms with Gasteiger partial charge in [0.15, 0.2) is 14.9 Å². The fourth-order valence-electron chi connectivity index (χ4n) is 1.78. The van der Waals surface area contributed by atoms with E-state index in [0.29, 0.717) is 5.56 Å². The second-order valence-corrected chi connectivity index (χ2v) is 6.28. The second-order valence-electron chi connectivity index (χ2n) is 4.07. The summed E-state index contributed by atoms with van der Waals surface area (Å²) in [6.07, 6.45) is 2.52. The molecule has 0 aliphatic heterocycles. The number of H-pyrrole nitrogens is 1. The summed E-state index contributed by atoms with van der Waals surface area (Å²) in [6, 6.07) is 7.87. The first-order valence-electron chi connectivity index (χ1n) is 5.94. The molecule has 1 aromatic carbocycles. The van der Waals surface area contributed by atoms with E-state index in [4.69, 9.17) is 0 Å². The van der Waals surface area contributed by atoms with E-state index in [2.05, 4.69) is 17.1 Å². The topological polar surface area (TPSA) is 62.8 Å². The first kappa shape index (κ1) is 12.8. The molecule has 5 heteroatoms. The van der Waals surface area contributed by atoms with Crippen LogP contribution in [0.4, 0.5) is 0 Å². The van der Waals surface area contributed by atoms with Crippen molar-refractivity contribution < 1.29 is 8.42 Å². The van der Waals surface area contributed by atoms with Gasteiger partial charge in [-0.15, -0.1) is 0 Å². The van der Waals surface area contributed by atoms with Crippen molar-refractivity contribution in [2.75, 3.05) is 5.75 Å². The number of aromatic amines is 1. The third-order valence-electron chi connectivity index (χ3n) is 2.97. The molecule has 0 spiro atoms. The van der Waals surface area contributed by atoms with E-state index in [1.54, 1.807) is 13.1 Å². The average molecular weight is 264 g/mol. The Bertz CT molecular complexity index is 627. The van der Waals surface area contributed by atoms with Crippen molar-refractivity contribution in [3.8, 4) is 11.1 Å². The van der Waals surface area contributed by atoms with Gasteiger partial charge in [0.05, 0.1) is 11.9 Å². The van der Waals surface area contributed by atoms with Crippen molar-refractivity contribution >= 4 is 9.84 Å². The maximum absolute atomic E-state index is 11.9. The molecular weight excluding hydrogens is 248 g/mol. The van der Waals surface area contributed by atoms with Crippen LogP contribution >= 0.6 is 0 Å².